The van der Waals surface area contributed by atoms with Crippen molar-refractivity contribution in [2.45, 2.75) is 40.2 Å². The molecule has 3 rings (SSSR count). The summed E-state index contributed by atoms with van der Waals surface area (Å²) < 4.78 is 19.2. The summed E-state index contributed by atoms with van der Waals surface area (Å²) in [5.41, 5.74) is 4.12. The predicted molar refractivity (Wildman–Crippen MR) is 89.2 cm³/mol. The monoisotopic (exact) mass is 313 g/mol. The lowest BCUT2D eigenvalue weighted by Crippen LogP contribution is -2.19. The number of pyridine rings is 1. The molecule has 0 bridgehead atoms. The van der Waals surface area contributed by atoms with E-state index in [9.17, 15) is 4.39 Å². The van der Waals surface area contributed by atoms with Crippen molar-refractivity contribution in [2.75, 3.05) is 5.32 Å². The summed E-state index contributed by atoms with van der Waals surface area (Å²) in [5, 5.41) is 8.25. The van der Waals surface area contributed by atoms with E-state index in [4.69, 9.17) is 4.52 Å². The third kappa shape index (κ3) is 3.04. The van der Waals surface area contributed by atoms with Crippen molar-refractivity contribution in [3.05, 3.63) is 52.8 Å². The zero-order valence-corrected chi connectivity index (χ0v) is 13.8. The van der Waals surface area contributed by atoms with Gasteiger partial charge in [-0.3, -0.25) is 0 Å². The highest BCUT2D eigenvalue weighted by Gasteiger charge is 2.15. The second kappa shape index (κ2) is 5.99. The molecule has 1 atom stereocenters. The molecule has 0 aliphatic rings. The van der Waals surface area contributed by atoms with Crippen LogP contribution in [0.15, 0.2) is 28.8 Å². The van der Waals surface area contributed by atoms with E-state index in [1.165, 1.54) is 6.07 Å². The topological polar surface area (TPSA) is 51.0 Å². The van der Waals surface area contributed by atoms with Crippen molar-refractivity contribution in [2.24, 2.45) is 0 Å². The fourth-order valence-corrected chi connectivity index (χ4v) is 2.88. The van der Waals surface area contributed by atoms with Crippen LogP contribution in [0.3, 0.4) is 0 Å². The van der Waals surface area contributed by atoms with Crippen molar-refractivity contribution in [3.63, 3.8) is 0 Å². The summed E-state index contributed by atoms with van der Waals surface area (Å²) in [5.74, 6) is 0.547. The van der Waals surface area contributed by atoms with Crippen LogP contribution in [0.2, 0.25) is 0 Å². The summed E-state index contributed by atoms with van der Waals surface area (Å²) in [6.07, 6.45) is 0.791. The van der Waals surface area contributed by atoms with E-state index in [-0.39, 0.29) is 11.9 Å². The van der Waals surface area contributed by atoms with Crippen LogP contribution in [0.4, 0.5) is 10.1 Å². The van der Waals surface area contributed by atoms with Gasteiger partial charge in [0.25, 0.3) is 0 Å². The Labute approximate surface area is 134 Å². The predicted octanol–water partition coefficient (Wildman–Crippen LogP) is 4.33. The number of hydrogen-bond acceptors (Lipinski definition) is 4. The number of hydrogen-bond donors (Lipinski definition) is 1. The fraction of sp³-hybridized carbons (Fsp3) is 0.333. The summed E-state index contributed by atoms with van der Waals surface area (Å²) in [6, 6.07) is 7.13. The Morgan fingerprint density at radius 1 is 1.26 bits per heavy atom. The number of nitrogens with one attached hydrogen (secondary N) is 1. The maximum Gasteiger partial charge on any atom is 0.149 e. The first-order valence-electron chi connectivity index (χ1n) is 7.70. The number of para-hydroxylation sites is 1. The van der Waals surface area contributed by atoms with Gasteiger partial charge in [-0.2, -0.15) is 0 Å². The third-order valence-corrected chi connectivity index (χ3v) is 4.01. The molecule has 1 aromatic carbocycles. The first kappa shape index (κ1) is 15.5. The van der Waals surface area contributed by atoms with Gasteiger partial charge in [0.05, 0.1) is 5.69 Å². The molecule has 2 heterocycles. The molecule has 1 N–H and O–H groups in total. The zero-order chi connectivity index (χ0) is 16.6. The number of benzene rings is 1. The van der Waals surface area contributed by atoms with E-state index in [0.29, 0.717) is 5.52 Å². The largest absolute Gasteiger partial charge is 0.382 e. The summed E-state index contributed by atoms with van der Waals surface area (Å²) in [4.78, 5) is 4.31. The lowest BCUT2D eigenvalue weighted by atomic mass is 10.0. The Morgan fingerprint density at radius 3 is 2.74 bits per heavy atom. The number of nitrogens with zero attached hydrogens (tertiary/aromatic N) is 2. The molecule has 0 spiro atoms. The smallest absolute Gasteiger partial charge is 0.149 e. The highest BCUT2D eigenvalue weighted by atomic mass is 19.1. The van der Waals surface area contributed by atoms with E-state index >= 15 is 0 Å². The minimum atomic E-state index is -0.298. The van der Waals surface area contributed by atoms with Crippen LogP contribution in [0.1, 0.15) is 29.6 Å². The van der Waals surface area contributed by atoms with Gasteiger partial charge >= 0.3 is 0 Å². The Morgan fingerprint density at radius 2 is 2.04 bits per heavy atom. The number of aryl methyl sites for hydroxylation is 3. The van der Waals surface area contributed by atoms with Gasteiger partial charge in [-0.15, -0.1) is 0 Å². The van der Waals surface area contributed by atoms with Crippen molar-refractivity contribution in [3.8, 4) is 0 Å². The average molecular weight is 313 g/mol. The van der Waals surface area contributed by atoms with E-state index < -0.39 is 0 Å². The van der Waals surface area contributed by atoms with Crippen LogP contribution in [0.25, 0.3) is 10.9 Å². The number of aromatic nitrogens is 2. The molecule has 0 aliphatic heterocycles. The van der Waals surface area contributed by atoms with Gasteiger partial charge in [-0.05, 0) is 46.2 Å². The lowest BCUT2D eigenvalue weighted by Gasteiger charge is -2.17. The molecule has 0 fully saturated rings. The van der Waals surface area contributed by atoms with E-state index in [0.717, 1.165) is 40.2 Å². The van der Waals surface area contributed by atoms with Crippen LogP contribution in [-0.4, -0.2) is 16.2 Å². The minimum Gasteiger partial charge on any atom is -0.382 e. The van der Waals surface area contributed by atoms with Gasteiger partial charge < -0.3 is 9.84 Å². The van der Waals surface area contributed by atoms with Gasteiger partial charge in [-0.1, -0.05) is 17.3 Å². The number of anilines is 1. The second-order valence-electron chi connectivity index (χ2n) is 6.00. The second-order valence-corrected chi connectivity index (χ2v) is 6.00. The van der Waals surface area contributed by atoms with Gasteiger partial charge in [0, 0.05) is 28.4 Å². The van der Waals surface area contributed by atoms with Gasteiger partial charge in [0.2, 0.25) is 0 Å². The van der Waals surface area contributed by atoms with E-state index in [2.05, 4.69) is 22.4 Å². The Balaban J connectivity index is 1.91. The summed E-state index contributed by atoms with van der Waals surface area (Å²) >= 11 is 0. The molecule has 0 amide bonds. The molecular formula is C18H20FN3O. The zero-order valence-electron chi connectivity index (χ0n) is 13.8. The molecule has 2 aromatic heterocycles. The summed E-state index contributed by atoms with van der Waals surface area (Å²) in [6.45, 7) is 7.83. The number of fused-ring (bicyclic) bond motifs is 1. The minimum absolute atomic E-state index is 0.153. The first-order chi connectivity index (χ1) is 11.0. The molecule has 1 unspecified atom stereocenters. The van der Waals surface area contributed by atoms with Crippen LogP contribution in [-0.2, 0) is 6.42 Å². The lowest BCUT2D eigenvalue weighted by molar-refractivity contribution is 0.392. The van der Waals surface area contributed by atoms with Crippen LogP contribution < -0.4 is 5.32 Å². The molecular weight excluding hydrogens is 293 g/mol. The SMILES string of the molecule is Cc1cc(NC(C)Cc2c(C)noc2C)c2cccc(F)c2n1. The van der Waals surface area contributed by atoms with Crippen LogP contribution in [0.5, 0.6) is 0 Å². The summed E-state index contributed by atoms with van der Waals surface area (Å²) in [7, 11) is 0. The Hall–Kier alpha value is -2.43. The van der Waals surface area contributed by atoms with Crippen molar-refractivity contribution < 1.29 is 8.91 Å². The molecule has 23 heavy (non-hydrogen) atoms. The third-order valence-electron chi connectivity index (χ3n) is 4.01. The van der Waals surface area contributed by atoms with Crippen LogP contribution >= 0.6 is 0 Å². The van der Waals surface area contributed by atoms with Gasteiger partial charge in [0.15, 0.2) is 0 Å². The Kier molecular flexibility index (Phi) is 4.03. The van der Waals surface area contributed by atoms with Gasteiger partial charge in [-0.25, -0.2) is 9.37 Å². The first-order valence-corrected chi connectivity index (χ1v) is 7.70. The molecule has 0 radical (unpaired) electrons. The average Bonchev–Trinajstić information content (AvgIpc) is 2.80. The molecule has 4 nitrogen and oxygen atoms in total. The van der Waals surface area contributed by atoms with Crippen molar-refractivity contribution in [1.29, 1.82) is 0 Å². The fourth-order valence-electron chi connectivity index (χ4n) is 2.88. The van der Waals surface area contributed by atoms with E-state index in [1.807, 2.05) is 32.9 Å². The maximum absolute atomic E-state index is 14.0. The maximum atomic E-state index is 14.0. The molecule has 120 valence electrons. The molecule has 0 saturated carbocycles. The Bertz CT molecular complexity index is 837. The van der Waals surface area contributed by atoms with Crippen molar-refractivity contribution in [1.82, 2.24) is 10.1 Å². The quantitative estimate of drug-likeness (QED) is 0.779. The molecule has 5 heteroatoms. The molecule has 0 aliphatic carbocycles. The van der Waals surface area contributed by atoms with Crippen LogP contribution in [0, 0.1) is 26.6 Å². The molecule has 0 saturated heterocycles. The number of halogens is 1. The van der Waals surface area contributed by atoms with Crippen molar-refractivity contribution >= 4 is 16.6 Å². The molecule has 3 aromatic rings. The number of rotatable bonds is 4. The standard InChI is InChI=1S/C18H20FN3O/c1-10(8-15-12(3)22-23-13(15)4)20-17-9-11(2)21-18-14(17)6-5-7-16(18)19/h5-7,9-10H,8H2,1-4H3,(H,20,21). The normalized spacial score (nSPS) is 12.6. The van der Waals surface area contributed by atoms with E-state index in [1.54, 1.807) is 6.07 Å². The van der Waals surface area contributed by atoms with Gasteiger partial charge in [0.1, 0.15) is 17.1 Å². The highest BCUT2D eigenvalue weighted by molar-refractivity contribution is 5.91. The highest BCUT2D eigenvalue weighted by Crippen LogP contribution is 2.26.